The number of aromatic nitrogens is 1. The van der Waals surface area contributed by atoms with Crippen LogP contribution >= 0.6 is 11.8 Å². The van der Waals surface area contributed by atoms with E-state index in [1.165, 1.54) is 33.2 Å². The third kappa shape index (κ3) is 5.41. The summed E-state index contributed by atoms with van der Waals surface area (Å²) in [6.07, 6.45) is 15.4. The Morgan fingerprint density at radius 3 is 2.48 bits per heavy atom. The number of nitrogens with zero attached hydrogens (tertiary/aromatic N) is 2. The number of benzene rings is 1. The first-order chi connectivity index (χ1) is 15.1. The van der Waals surface area contributed by atoms with Crippen LogP contribution in [-0.2, 0) is 11.3 Å². The van der Waals surface area contributed by atoms with Gasteiger partial charge in [0.2, 0.25) is 0 Å². The number of ether oxygens (including phenoxy) is 1. The smallest absolute Gasteiger partial charge is 0.286 e. The van der Waals surface area contributed by atoms with Gasteiger partial charge in [0, 0.05) is 38.3 Å². The zero-order valence-electron chi connectivity index (χ0n) is 18.8. The van der Waals surface area contributed by atoms with Gasteiger partial charge in [-0.15, -0.1) is 0 Å². The second-order valence-electron chi connectivity index (χ2n) is 8.17. The molecule has 2 unspecified atom stereocenters. The number of rotatable bonds is 8. The summed E-state index contributed by atoms with van der Waals surface area (Å²) >= 11 is 1.92. The first kappa shape index (κ1) is 21.7. The lowest BCUT2D eigenvalue weighted by Gasteiger charge is -2.18. The summed E-state index contributed by atoms with van der Waals surface area (Å²) in [5, 5.41) is 0. The number of aryl methyl sites for hydroxylation is 1. The van der Waals surface area contributed by atoms with Gasteiger partial charge in [0.1, 0.15) is 0 Å². The summed E-state index contributed by atoms with van der Waals surface area (Å²) < 4.78 is 8.51. The molecule has 2 aromatic rings. The minimum atomic E-state index is 0.194. The molecule has 1 aliphatic heterocycles. The van der Waals surface area contributed by atoms with Crippen molar-refractivity contribution in [2.75, 3.05) is 31.3 Å². The minimum absolute atomic E-state index is 0.194. The number of hydrogen-bond donors (Lipinski definition) is 1. The van der Waals surface area contributed by atoms with Crippen LogP contribution in [0.1, 0.15) is 30.9 Å². The third-order valence-electron chi connectivity index (χ3n) is 5.80. The monoisotopic (exact) mass is 435 g/mol. The molecule has 1 aliphatic carbocycles. The molecule has 0 saturated carbocycles. The largest absolute Gasteiger partial charge is 0.431 e. The van der Waals surface area contributed by atoms with E-state index in [9.17, 15) is 0 Å². The van der Waals surface area contributed by atoms with Gasteiger partial charge in [0.15, 0.2) is 30.4 Å². The van der Waals surface area contributed by atoms with E-state index >= 15 is 0 Å². The second-order valence-corrected chi connectivity index (χ2v) is 9.34. The second kappa shape index (κ2) is 10.2. The lowest BCUT2D eigenvalue weighted by molar-refractivity contribution is -0.876. The van der Waals surface area contributed by atoms with Gasteiger partial charge in [-0.3, -0.25) is 4.90 Å². The van der Waals surface area contributed by atoms with E-state index in [2.05, 4.69) is 104 Å². The molecule has 1 N–H and O–H groups in total. The molecule has 0 bridgehead atoms. The molecule has 1 aromatic carbocycles. The van der Waals surface area contributed by atoms with Crippen molar-refractivity contribution >= 4 is 29.6 Å². The van der Waals surface area contributed by atoms with Gasteiger partial charge >= 0.3 is 0 Å². The zero-order valence-corrected chi connectivity index (χ0v) is 19.6. The summed E-state index contributed by atoms with van der Waals surface area (Å²) in [6, 6.07) is 13.0. The summed E-state index contributed by atoms with van der Waals surface area (Å²) in [6.45, 7) is 4.28. The van der Waals surface area contributed by atoms with E-state index in [1.807, 2.05) is 11.8 Å². The van der Waals surface area contributed by atoms with Gasteiger partial charge in [-0.05, 0) is 54.4 Å². The predicted molar refractivity (Wildman–Crippen MR) is 131 cm³/mol. The normalized spacial score (nSPS) is 20.2. The maximum absolute atomic E-state index is 6.25. The number of quaternary nitrogens is 1. The average Bonchev–Trinajstić information content (AvgIpc) is 3.16. The van der Waals surface area contributed by atoms with Crippen LogP contribution in [-0.4, -0.2) is 32.0 Å². The van der Waals surface area contributed by atoms with Gasteiger partial charge in [-0.25, -0.2) is 4.57 Å². The Hall–Kier alpha value is -2.50. The number of likely N-dealkylation sites (N-methyl/N-ethyl adjacent to an activating group) is 1. The Labute approximate surface area is 190 Å². The summed E-state index contributed by atoms with van der Waals surface area (Å²) in [7, 11) is 4.12. The number of pyridine rings is 1. The molecular weight excluding hydrogens is 402 g/mol. The maximum atomic E-state index is 6.25. The maximum Gasteiger partial charge on any atom is 0.286 e. The fraction of sp³-hybridized carbons (Fsp3) is 0.346. The molecule has 5 heteroatoms. The highest BCUT2D eigenvalue weighted by molar-refractivity contribution is 7.99. The quantitative estimate of drug-likeness (QED) is 0.639. The highest BCUT2D eigenvalue weighted by atomic mass is 32.2. The van der Waals surface area contributed by atoms with Crippen LogP contribution in [0.5, 0.6) is 0 Å². The number of hydrogen-bond acceptors (Lipinski definition) is 3. The fourth-order valence-electron chi connectivity index (χ4n) is 3.94. The van der Waals surface area contributed by atoms with Crippen molar-refractivity contribution in [1.29, 1.82) is 0 Å². The first-order valence-electron chi connectivity index (χ1n) is 11.1. The van der Waals surface area contributed by atoms with Gasteiger partial charge in [0.05, 0.1) is 12.3 Å². The Bertz CT molecular complexity index is 961. The highest BCUT2D eigenvalue weighted by Crippen LogP contribution is 2.26. The summed E-state index contributed by atoms with van der Waals surface area (Å²) in [5.41, 5.74) is 5.20. The predicted octanol–water partition coefficient (Wildman–Crippen LogP) is 3.72. The lowest BCUT2D eigenvalue weighted by Crippen LogP contribution is -3.11. The Kier molecular flexibility index (Phi) is 7.15. The van der Waals surface area contributed by atoms with Crippen LogP contribution in [0.4, 0.5) is 5.69 Å². The van der Waals surface area contributed by atoms with Crippen molar-refractivity contribution < 1.29 is 14.2 Å². The van der Waals surface area contributed by atoms with Crippen molar-refractivity contribution in [2.45, 2.75) is 31.9 Å². The van der Waals surface area contributed by atoms with Gasteiger partial charge in [-0.2, -0.15) is 0 Å². The van der Waals surface area contributed by atoms with Crippen LogP contribution in [0.15, 0.2) is 72.4 Å². The molecule has 31 heavy (non-hydrogen) atoms. The molecule has 1 aromatic heterocycles. The van der Waals surface area contributed by atoms with E-state index in [0.717, 1.165) is 31.7 Å². The zero-order chi connectivity index (χ0) is 21.6. The van der Waals surface area contributed by atoms with Gasteiger partial charge in [-0.1, -0.05) is 30.4 Å². The van der Waals surface area contributed by atoms with Crippen LogP contribution in [0, 0.1) is 0 Å². The van der Waals surface area contributed by atoms with Gasteiger partial charge < -0.3 is 9.64 Å². The van der Waals surface area contributed by atoms with Crippen molar-refractivity contribution in [2.24, 2.45) is 0 Å². The van der Waals surface area contributed by atoms with Crippen molar-refractivity contribution in [3.8, 4) is 0 Å². The average molecular weight is 436 g/mol. The standard InChI is InChI=1S/C26H32N3OS/c1-4-29-24-7-5-6-8-25(24)30-26(29)31-20-19-28-17-15-22(16-18-28)10-9-21-11-13-23(14-12-21)27(2)3/h5,7,9-18,26H,4,6,8,19-20H2,1-3H3/q+1/p+1. The molecule has 0 radical (unpaired) electrons. The molecule has 2 atom stereocenters. The molecule has 162 valence electrons. The molecule has 0 spiro atoms. The Morgan fingerprint density at radius 1 is 1.10 bits per heavy atom. The molecule has 4 rings (SSSR count). The number of allylic oxidation sites excluding steroid dienone is 3. The van der Waals surface area contributed by atoms with Crippen LogP contribution < -0.4 is 14.4 Å². The topological polar surface area (TPSA) is 20.8 Å². The van der Waals surface area contributed by atoms with Crippen molar-refractivity contribution in [3.05, 3.63) is 83.5 Å². The fourth-order valence-corrected chi connectivity index (χ4v) is 5.15. The minimum Gasteiger partial charge on any atom is -0.431 e. The highest BCUT2D eigenvalue weighted by Gasteiger charge is 2.37. The van der Waals surface area contributed by atoms with E-state index in [1.54, 1.807) is 0 Å². The van der Waals surface area contributed by atoms with E-state index in [0.29, 0.717) is 0 Å². The first-order valence-corrected chi connectivity index (χ1v) is 12.2. The molecule has 2 aliphatic rings. The van der Waals surface area contributed by atoms with E-state index in [4.69, 9.17) is 4.74 Å². The van der Waals surface area contributed by atoms with Crippen LogP contribution in [0.25, 0.3) is 12.2 Å². The Morgan fingerprint density at radius 2 is 1.81 bits per heavy atom. The molecule has 2 heterocycles. The summed E-state index contributed by atoms with van der Waals surface area (Å²) in [4.78, 5) is 3.57. The van der Waals surface area contributed by atoms with Crippen LogP contribution in [0.2, 0.25) is 0 Å². The molecule has 0 saturated heterocycles. The van der Waals surface area contributed by atoms with Crippen LogP contribution in [0.3, 0.4) is 0 Å². The Balaban J connectivity index is 1.27. The van der Waals surface area contributed by atoms with Crippen molar-refractivity contribution in [3.63, 3.8) is 0 Å². The number of thioether (sulfide) groups is 1. The molecular formula is C26H33N3OS+2. The number of anilines is 1. The number of nitrogens with one attached hydrogen (secondary N) is 1. The van der Waals surface area contributed by atoms with E-state index < -0.39 is 0 Å². The summed E-state index contributed by atoms with van der Waals surface area (Å²) in [5.74, 6) is 2.24. The van der Waals surface area contributed by atoms with Gasteiger partial charge in [0.25, 0.3) is 5.56 Å². The molecule has 0 amide bonds. The lowest BCUT2D eigenvalue weighted by atomic mass is 10.1. The van der Waals surface area contributed by atoms with Crippen molar-refractivity contribution in [1.82, 2.24) is 0 Å². The third-order valence-corrected chi connectivity index (χ3v) is 6.90. The molecule has 4 nitrogen and oxygen atoms in total. The molecule has 0 fully saturated rings. The SMILES string of the molecule is CC[NH+]1C2=C(CCC=C2)OC1SCC[n+]1ccc(/C=C/c2ccc(N(C)C)cc2)cc1. The van der Waals surface area contributed by atoms with E-state index in [-0.39, 0.29) is 5.56 Å².